The predicted molar refractivity (Wildman–Crippen MR) is 65.7 cm³/mol. The van der Waals surface area contributed by atoms with E-state index in [1.165, 1.54) is 0 Å². The number of hydrogen-bond acceptors (Lipinski definition) is 3. The molecule has 1 aliphatic heterocycles. The van der Waals surface area contributed by atoms with Gasteiger partial charge in [0.1, 0.15) is 10.8 Å². The molecule has 1 atom stereocenters. The van der Waals surface area contributed by atoms with Crippen molar-refractivity contribution in [2.24, 2.45) is 10.9 Å². The van der Waals surface area contributed by atoms with Crippen LogP contribution in [0.4, 0.5) is 0 Å². The number of nitrogens with zero attached hydrogens (tertiary/aromatic N) is 1. The van der Waals surface area contributed by atoms with Gasteiger partial charge in [-0.2, -0.15) is 0 Å². The van der Waals surface area contributed by atoms with E-state index in [9.17, 15) is 5.11 Å². The number of benzene rings is 1. The van der Waals surface area contributed by atoms with Crippen molar-refractivity contribution in [3.63, 3.8) is 0 Å². The number of phenolic OH excluding ortho intramolecular Hbond substituents is 1. The lowest BCUT2D eigenvalue weighted by Crippen LogP contribution is -2.11. The highest BCUT2D eigenvalue weighted by molar-refractivity contribution is 8.14. The zero-order chi connectivity index (χ0) is 10.8. The molecule has 0 spiro atoms. The summed E-state index contributed by atoms with van der Waals surface area (Å²) in [5, 5.41) is 10.7. The van der Waals surface area contributed by atoms with Gasteiger partial charge in [0.2, 0.25) is 0 Å². The third-order valence-corrected chi connectivity index (χ3v) is 3.68. The Kier molecular flexibility index (Phi) is 3.00. The van der Waals surface area contributed by atoms with E-state index in [1.54, 1.807) is 17.8 Å². The molecule has 0 radical (unpaired) electrons. The standard InChI is InChI=1S/C12H15NOS/c1-8(2)10-7-15-12(13-10)9-5-3-4-6-11(9)14/h3-6,8,10,14H,7H2,1-2H3. The van der Waals surface area contributed by atoms with E-state index in [2.05, 4.69) is 18.8 Å². The van der Waals surface area contributed by atoms with Gasteiger partial charge in [-0.05, 0) is 18.1 Å². The largest absolute Gasteiger partial charge is 0.507 e. The number of aliphatic imine (C=N–C) groups is 1. The molecular formula is C12H15NOS. The van der Waals surface area contributed by atoms with E-state index in [-0.39, 0.29) is 0 Å². The molecule has 1 N–H and O–H groups in total. The molecule has 2 rings (SSSR count). The molecule has 0 fully saturated rings. The SMILES string of the molecule is CC(C)C1CSC(c2ccccc2O)=N1. The second-order valence-electron chi connectivity index (χ2n) is 4.07. The molecule has 0 aromatic heterocycles. The summed E-state index contributed by atoms with van der Waals surface area (Å²) in [7, 11) is 0. The average molecular weight is 221 g/mol. The fourth-order valence-electron chi connectivity index (χ4n) is 1.53. The van der Waals surface area contributed by atoms with E-state index < -0.39 is 0 Å². The third-order valence-electron chi connectivity index (χ3n) is 2.58. The fraction of sp³-hybridized carbons (Fsp3) is 0.417. The maximum absolute atomic E-state index is 9.70. The summed E-state index contributed by atoms with van der Waals surface area (Å²) in [6, 6.07) is 7.79. The lowest BCUT2D eigenvalue weighted by atomic mass is 10.1. The Morgan fingerprint density at radius 2 is 2.13 bits per heavy atom. The average Bonchev–Trinajstić information content (AvgIpc) is 2.67. The molecule has 1 unspecified atom stereocenters. The van der Waals surface area contributed by atoms with Crippen molar-refractivity contribution in [2.75, 3.05) is 5.75 Å². The Balaban J connectivity index is 2.27. The molecule has 1 aromatic carbocycles. The molecule has 0 amide bonds. The van der Waals surface area contributed by atoms with Gasteiger partial charge >= 0.3 is 0 Å². The highest BCUT2D eigenvalue weighted by atomic mass is 32.2. The van der Waals surface area contributed by atoms with Gasteiger partial charge in [-0.3, -0.25) is 4.99 Å². The van der Waals surface area contributed by atoms with E-state index in [1.807, 2.05) is 18.2 Å². The van der Waals surface area contributed by atoms with Crippen molar-refractivity contribution < 1.29 is 5.11 Å². The van der Waals surface area contributed by atoms with Crippen LogP contribution in [-0.2, 0) is 0 Å². The van der Waals surface area contributed by atoms with Gasteiger partial charge in [-0.1, -0.05) is 26.0 Å². The third kappa shape index (κ3) is 2.17. The first kappa shape index (κ1) is 10.6. The Morgan fingerprint density at radius 1 is 1.40 bits per heavy atom. The Hall–Kier alpha value is -0.960. The van der Waals surface area contributed by atoms with Gasteiger partial charge in [0, 0.05) is 11.3 Å². The highest BCUT2D eigenvalue weighted by Gasteiger charge is 2.23. The van der Waals surface area contributed by atoms with Crippen LogP contribution in [0.3, 0.4) is 0 Å². The lowest BCUT2D eigenvalue weighted by molar-refractivity contribution is 0.474. The molecule has 1 heterocycles. The number of thioether (sulfide) groups is 1. The van der Waals surface area contributed by atoms with Crippen LogP contribution < -0.4 is 0 Å². The van der Waals surface area contributed by atoms with Gasteiger partial charge in [0.25, 0.3) is 0 Å². The highest BCUT2D eigenvalue weighted by Crippen LogP contribution is 2.30. The van der Waals surface area contributed by atoms with Crippen LogP contribution in [0.25, 0.3) is 0 Å². The Labute approximate surface area is 94.4 Å². The van der Waals surface area contributed by atoms with Crippen molar-refractivity contribution in [1.29, 1.82) is 0 Å². The number of aromatic hydroxyl groups is 1. The zero-order valence-corrected chi connectivity index (χ0v) is 9.79. The summed E-state index contributed by atoms with van der Waals surface area (Å²) in [4.78, 5) is 4.64. The molecule has 1 aromatic rings. The second-order valence-corrected chi connectivity index (χ2v) is 5.08. The van der Waals surface area contributed by atoms with Crippen LogP contribution >= 0.6 is 11.8 Å². The molecule has 0 aliphatic carbocycles. The van der Waals surface area contributed by atoms with Crippen LogP contribution in [0.5, 0.6) is 5.75 Å². The summed E-state index contributed by atoms with van der Waals surface area (Å²) < 4.78 is 0. The monoisotopic (exact) mass is 221 g/mol. The van der Waals surface area contributed by atoms with Crippen molar-refractivity contribution in [1.82, 2.24) is 0 Å². The van der Waals surface area contributed by atoms with Gasteiger partial charge < -0.3 is 5.11 Å². The first-order valence-electron chi connectivity index (χ1n) is 5.17. The summed E-state index contributed by atoms with van der Waals surface area (Å²) >= 11 is 1.74. The van der Waals surface area contributed by atoms with Crippen LogP contribution in [0.1, 0.15) is 19.4 Å². The molecule has 0 saturated carbocycles. The van der Waals surface area contributed by atoms with Gasteiger partial charge in [-0.25, -0.2) is 0 Å². The molecular weight excluding hydrogens is 206 g/mol. The number of hydrogen-bond donors (Lipinski definition) is 1. The minimum absolute atomic E-state index is 0.327. The molecule has 3 heteroatoms. The second kappa shape index (κ2) is 4.27. The van der Waals surface area contributed by atoms with E-state index in [0.717, 1.165) is 16.4 Å². The minimum Gasteiger partial charge on any atom is -0.507 e. The van der Waals surface area contributed by atoms with Crippen molar-refractivity contribution >= 4 is 16.8 Å². The summed E-state index contributed by atoms with van der Waals surface area (Å²) in [6.07, 6.45) is 0. The van der Waals surface area contributed by atoms with Crippen molar-refractivity contribution in [2.45, 2.75) is 19.9 Å². The van der Waals surface area contributed by atoms with E-state index >= 15 is 0 Å². The first-order chi connectivity index (χ1) is 7.18. The molecule has 1 aliphatic rings. The molecule has 2 nitrogen and oxygen atoms in total. The maximum atomic E-state index is 9.70. The van der Waals surface area contributed by atoms with Crippen LogP contribution in [-0.4, -0.2) is 21.9 Å². The normalized spacial score (nSPS) is 20.7. The molecule has 80 valence electrons. The summed E-state index contributed by atoms with van der Waals surface area (Å²) in [6.45, 7) is 4.37. The smallest absolute Gasteiger partial charge is 0.125 e. The minimum atomic E-state index is 0.327. The van der Waals surface area contributed by atoms with E-state index in [4.69, 9.17) is 0 Å². The fourth-order valence-corrected chi connectivity index (χ4v) is 2.86. The zero-order valence-electron chi connectivity index (χ0n) is 8.97. The Morgan fingerprint density at radius 3 is 2.73 bits per heavy atom. The van der Waals surface area contributed by atoms with Crippen LogP contribution in [0.2, 0.25) is 0 Å². The molecule has 15 heavy (non-hydrogen) atoms. The van der Waals surface area contributed by atoms with E-state index in [0.29, 0.717) is 17.7 Å². The Bertz CT molecular complexity index is 387. The van der Waals surface area contributed by atoms with Gasteiger partial charge in [0.05, 0.1) is 6.04 Å². The molecule has 0 bridgehead atoms. The summed E-state index contributed by atoms with van der Waals surface area (Å²) in [5.41, 5.74) is 0.866. The van der Waals surface area contributed by atoms with Gasteiger partial charge in [0.15, 0.2) is 0 Å². The lowest BCUT2D eigenvalue weighted by Gasteiger charge is -2.08. The predicted octanol–water partition coefficient (Wildman–Crippen LogP) is 2.91. The first-order valence-corrected chi connectivity index (χ1v) is 6.16. The van der Waals surface area contributed by atoms with Crippen LogP contribution in [0, 0.1) is 5.92 Å². The van der Waals surface area contributed by atoms with Gasteiger partial charge in [-0.15, -0.1) is 11.8 Å². The van der Waals surface area contributed by atoms with Crippen LogP contribution in [0.15, 0.2) is 29.3 Å². The quantitative estimate of drug-likeness (QED) is 0.833. The number of para-hydroxylation sites is 1. The van der Waals surface area contributed by atoms with Crippen molar-refractivity contribution in [3.8, 4) is 5.75 Å². The number of rotatable bonds is 2. The number of phenols is 1. The summed E-state index contributed by atoms with van der Waals surface area (Å²) in [5.74, 6) is 1.93. The maximum Gasteiger partial charge on any atom is 0.125 e. The molecule has 0 saturated heterocycles. The topological polar surface area (TPSA) is 32.6 Å². The van der Waals surface area contributed by atoms with Crippen molar-refractivity contribution in [3.05, 3.63) is 29.8 Å².